The number of fused-ring (bicyclic) bond motifs is 1. The van der Waals surface area contributed by atoms with Gasteiger partial charge < -0.3 is 5.32 Å². The molecule has 0 unspecified atom stereocenters. The molecule has 6 nitrogen and oxygen atoms in total. The van der Waals surface area contributed by atoms with Crippen LogP contribution in [-0.2, 0) is 24.4 Å². The molecule has 33 heavy (non-hydrogen) atoms. The fraction of sp³-hybridized carbons (Fsp3) is 0.240. The molecule has 2 heterocycles. The number of carbonyl (C=O) groups is 1. The van der Waals surface area contributed by atoms with Crippen molar-refractivity contribution in [2.45, 2.75) is 39.4 Å². The van der Waals surface area contributed by atoms with Gasteiger partial charge in [0.25, 0.3) is 5.56 Å². The number of rotatable bonds is 8. The minimum absolute atomic E-state index is 0.132. The van der Waals surface area contributed by atoms with Crippen molar-refractivity contribution in [3.05, 3.63) is 103 Å². The Kier molecular flexibility index (Phi) is 6.84. The largest absolute Gasteiger partial charge is 0.352 e. The van der Waals surface area contributed by atoms with E-state index in [9.17, 15) is 18.8 Å². The number of aromatic nitrogens is 2. The van der Waals surface area contributed by atoms with Crippen molar-refractivity contribution in [1.82, 2.24) is 14.5 Å². The summed E-state index contributed by atoms with van der Waals surface area (Å²) in [5.74, 6) is -0.520. The Bertz CT molecular complexity index is 1400. The van der Waals surface area contributed by atoms with E-state index in [1.807, 2.05) is 31.2 Å². The molecule has 0 spiro atoms. The summed E-state index contributed by atoms with van der Waals surface area (Å²) in [7, 11) is 0. The van der Waals surface area contributed by atoms with E-state index in [-0.39, 0.29) is 36.8 Å². The average Bonchev–Trinajstić information content (AvgIpc) is 3.29. The van der Waals surface area contributed by atoms with Gasteiger partial charge in [0.05, 0.1) is 12.1 Å². The Morgan fingerprint density at radius 2 is 1.82 bits per heavy atom. The number of nitrogens with zero attached hydrogens (tertiary/aromatic N) is 2. The highest BCUT2D eigenvalue weighted by atomic mass is 32.1. The van der Waals surface area contributed by atoms with E-state index < -0.39 is 5.69 Å². The van der Waals surface area contributed by atoms with Crippen LogP contribution in [0.4, 0.5) is 4.39 Å². The lowest BCUT2D eigenvalue weighted by atomic mass is 10.1. The number of benzene rings is 2. The first-order valence-electron chi connectivity index (χ1n) is 10.7. The zero-order chi connectivity index (χ0) is 23.4. The number of halogens is 1. The van der Waals surface area contributed by atoms with Crippen molar-refractivity contribution >= 4 is 27.5 Å². The molecule has 4 aromatic rings. The fourth-order valence-electron chi connectivity index (χ4n) is 3.69. The van der Waals surface area contributed by atoms with Crippen molar-refractivity contribution in [2.75, 3.05) is 0 Å². The maximum absolute atomic E-state index is 13.6. The fourth-order valence-corrected chi connectivity index (χ4v) is 4.54. The average molecular weight is 466 g/mol. The molecule has 0 atom stereocenters. The number of aryl methyl sites for hydroxylation is 1. The lowest BCUT2D eigenvalue weighted by Crippen LogP contribution is -2.40. The molecule has 0 saturated heterocycles. The van der Waals surface area contributed by atoms with Gasteiger partial charge in [-0.25, -0.2) is 9.18 Å². The number of amides is 1. The van der Waals surface area contributed by atoms with Gasteiger partial charge >= 0.3 is 5.69 Å². The lowest BCUT2D eigenvalue weighted by molar-refractivity contribution is -0.121. The zero-order valence-corrected chi connectivity index (χ0v) is 19.0. The summed E-state index contributed by atoms with van der Waals surface area (Å²) in [5.41, 5.74) is 2.50. The number of nitrogens with one attached hydrogen (secondary N) is 1. The maximum Gasteiger partial charge on any atom is 0.331 e. The molecule has 2 aromatic carbocycles. The minimum atomic E-state index is -0.463. The third-order valence-electron chi connectivity index (χ3n) is 5.46. The highest BCUT2D eigenvalue weighted by molar-refractivity contribution is 7.17. The van der Waals surface area contributed by atoms with E-state index in [1.165, 1.54) is 32.6 Å². The zero-order valence-electron chi connectivity index (χ0n) is 18.2. The second-order valence-corrected chi connectivity index (χ2v) is 8.87. The van der Waals surface area contributed by atoms with Gasteiger partial charge in [-0.1, -0.05) is 42.0 Å². The molecule has 0 radical (unpaired) electrons. The third-order valence-corrected chi connectivity index (χ3v) is 6.35. The van der Waals surface area contributed by atoms with Gasteiger partial charge in [0, 0.05) is 19.5 Å². The molecule has 0 fully saturated rings. The summed E-state index contributed by atoms with van der Waals surface area (Å²) in [6, 6.07) is 15.7. The molecule has 1 N–H and O–H groups in total. The van der Waals surface area contributed by atoms with Gasteiger partial charge in [-0.15, -0.1) is 11.3 Å². The molecule has 0 saturated carbocycles. The molecular formula is C25H24FN3O3S. The second-order valence-electron chi connectivity index (χ2n) is 7.96. The molecule has 0 bridgehead atoms. The Balaban J connectivity index is 1.47. The molecule has 0 aliphatic rings. The Labute approximate surface area is 193 Å². The van der Waals surface area contributed by atoms with E-state index in [4.69, 9.17) is 0 Å². The molecule has 4 rings (SSSR count). The van der Waals surface area contributed by atoms with E-state index in [2.05, 4.69) is 5.32 Å². The van der Waals surface area contributed by atoms with Crippen LogP contribution >= 0.6 is 11.3 Å². The van der Waals surface area contributed by atoms with Crippen LogP contribution < -0.4 is 16.6 Å². The van der Waals surface area contributed by atoms with Crippen LogP contribution in [0.15, 0.2) is 69.6 Å². The summed E-state index contributed by atoms with van der Waals surface area (Å²) < 4.78 is 16.7. The molecular weight excluding hydrogens is 441 g/mol. The smallest absolute Gasteiger partial charge is 0.331 e. The highest BCUT2D eigenvalue weighted by Crippen LogP contribution is 2.17. The molecule has 0 aliphatic carbocycles. The number of hydrogen-bond acceptors (Lipinski definition) is 4. The predicted octanol–water partition coefficient (Wildman–Crippen LogP) is 3.82. The predicted molar refractivity (Wildman–Crippen MR) is 128 cm³/mol. The minimum Gasteiger partial charge on any atom is -0.352 e. The van der Waals surface area contributed by atoms with Gasteiger partial charge in [0.1, 0.15) is 10.5 Å². The molecule has 2 aromatic heterocycles. The summed E-state index contributed by atoms with van der Waals surface area (Å²) in [6.07, 6.45) is 0.551. The number of thiophene rings is 1. The van der Waals surface area contributed by atoms with Crippen molar-refractivity contribution in [2.24, 2.45) is 0 Å². The summed E-state index contributed by atoms with van der Waals surface area (Å²) >= 11 is 1.26. The van der Waals surface area contributed by atoms with E-state index >= 15 is 0 Å². The highest BCUT2D eigenvalue weighted by Gasteiger charge is 2.15. The van der Waals surface area contributed by atoms with Crippen LogP contribution in [0.3, 0.4) is 0 Å². The standard InChI is InChI=1S/C25H24FN3O3S/c1-17-7-9-18(10-8-17)15-27-22(30)6-3-12-28-24(31)23-21(11-13-33-23)29(25(28)32)16-19-4-2-5-20(26)14-19/h2,4-5,7-11,13-14H,3,6,12,15-16H2,1H3,(H,27,30). The van der Waals surface area contributed by atoms with Crippen molar-refractivity contribution < 1.29 is 9.18 Å². The van der Waals surface area contributed by atoms with Gasteiger partial charge in [-0.2, -0.15) is 0 Å². The first-order chi connectivity index (χ1) is 15.9. The number of carbonyl (C=O) groups excluding carboxylic acids is 1. The Morgan fingerprint density at radius 3 is 2.58 bits per heavy atom. The first-order valence-corrected chi connectivity index (χ1v) is 11.6. The van der Waals surface area contributed by atoms with Crippen molar-refractivity contribution in [1.29, 1.82) is 0 Å². The van der Waals surface area contributed by atoms with Crippen LogP contribution in [0.25, 0.3) is 10.2 Å². The Hall–Kier alpha value is -3.52. The van der Waals surface area contributed by atoms with Crippen LogP contribution in [0, 0.1) is 12.7 Å². The second kappa shape index (κ2) is 9.95. The lowest BCUT2D eigenvalue weighted by Gasteiger charge is -2.12. The van der Waals surface area contributed by atoms with Crippen LogP contribution in [0.1, 0.15) is 29.5 Å². The SMILES string of the molecule is Cc1ccc(CNC(=O)CCCn2c(=O)c3sccc3n(Cc3cccc(F)c3)c2=O)cc1. The topological polar surface area (TPSA) is 73.1 Å². The summed E-state index contributed by atoms with van der Waals surface area (Å²) in [6.45, 7) is 2.72. The summed E-state index contributed by atoms with van der Waals surface area (Å²) in [5, 5.41) is 4.63. The monoisotopic (exact) mass is 465 g/mol. The quantitative estimate of drug-likeness (QED) is 0.430. The van der Waals surface area contributed by atoms with E-state index in [1.54, 1.807) is 23.6 Å². The van der Waals surface area contributed by atoms with Gasteiger partial charge in [0.2, 0.25) is 5.91 Å². The normalized spacial score (nSPS) is 11.1. The van der Waals surface area contributed by atoms with Gasteiger partial charge in [0.15, 0.2) is 0 Å². The summed E-state index contributed by atoms with van der Waals surface area (Å²) in [4.78, 5) is 38.3. The molecule has 170 valence electrons. The molecule has 1 amide bonds. The van der Waals surface area contributed by atoms with Crippen molar-refractivity contribution in [3.8, 4) is 0 Å². The maximum atomic E-state index is 13.6. The van der Waals surface area contributed by atoms with E-state index in [0.29, 0.717) is 28.7 Å². The third kappa shape index (κ3) is 5.28. The van der Waals surface area contributed by atoms with Crippen LogP contribution in [0.2, 0.25) is 0 Å². The molecule has 8 heteroatoms. The Morgan fingerprint density at radius 1 is 1.03 bits per heavy atom. The van der Waals surface area contributed by atoms with Crippen LogP contribution in [-0.4, -0.2) is 15.0 Å². The van der Waals surface area contributed by atoms with Crippen LogP contribution in [0.5, 0.6) is 0 Å². The van der Waals surface area contributed by atoms with Crippen molar-refractivity contribution in [3.63, 3.8) is 0 Å². The first kappa shape index (κ1) is 22.7. The van der Waals surface area contributed by atoms with Gasteiger partial charge in [-0.3, -0.25) is 18.7 Å². The van der Waals surface area contributed by atoms with E-state index in [0.717, 1.165) is 11.1 Å². The molecule has 0 aliphatic heterocycles. The number of hydrogen-bond donors (Lipinski definition) is 1. The van der Waals surface area contributed by atoms with Gasteiger partial charge in [-0.05, 0) is 48.1 Å².